The number of aromatic nitrogens is 1. The Labute approximate surface area is 118 Å². The van der Waals surface area contributed by atoms with E-state index in [4.69, 9.17) is 11.6 Å². The quantitative estimate of drug-likeness (QED) is 0.783. The molecule has 1 heterocycles. The predicted molar refractivity (Wildman–Crippen MR) is 76.1 cm³/mol. The molecule has 0 amide bonds. The maximum absolute atomic E-state index is 9.27. The number of nitrogens with zero attached hydrogens (tertiary/aromatic N) is 2. The highest BCUT2D eigenvalue weighted by Gasteiger charge is 2.31. The molecular weight excluding hydrogens is 268 g/mol. The van der Waals surface area contributed by atoms with Crippen LogP contribution in [0.4, 0.5) is 0 Å². The summed E-state index contributed by atoms with van der Waals surface area (Å²) in [5, 5.41) is 12.5. The molecule has 1 saturated carbocycles. The van der Waals surface area contributed by atoms with E-state index >= 15 is 0 Å². The fourth-order valence-electron chi connectivity index (χ4n) is 2.51. The zero-order chi connectivity index (χ0) is 13.0. The molecular formula is C13H21ClN2OS. The van der Waals surface area contributed by atoms with Gasteiger partial charge in [-0.05, 0) is 19.3 Å². The number of hydrogen-bond donors (Lipinski definition) is 1. The Morgan fingerprint density at radius 3 is 2.83 bits per heavy atom. The molecule has 102 valence electrons. The van der Waals surface area contributed by atoms with Gasteiger partial charge < -0.3 is 5.11 Å². The maximum Gasteiger partial charge on any atom is 0.110 e. The molecule has 1 aliphatic rings. The van der Waals surface area contributed by atoms with Crippen LogP contribution in [0.2, 0.25) is 0 Å². The Kier molecular flexibility index (Phi) is 5.42. The number of aliphatic hydroxyl groups excluding tert-OH is 1. The SMILES string of the molecule is CCC(c1nc(CCl)cs1)N(CCO)C1CCC1. The third-order valence-electron chi connectivity index (χ3n) is 3.68. The molecule has 1 fully saturated rings. The summed E-state index contributed by atoms with van der Waals surface area (Å²) in [4.78, 5) is 7.04. The first-order valence-corrected chi connectivity index (χ1v) is 8.08. The Morgan fingerprint density at radius 2 is 2.39 bits per heavy atom. The Bertz CT molecular complexity index is 368. The first kappa shape index (κ1) is 14.3. The van der Waals surface area contributed by atoms with E-state index in [0.717, 1.165) is 23.7 Å². The molecule has 1 aromatic heterocycles. The van der Waals surface area contributed by atoms with E-state index in [0.29, 0.717) is 18.0 Å². The number of rotatable bonds is 7. The number of aliphatic hydroxyl groups is 1. The standard InChI is InChI=1S/C13H21ClN2OS/c1-2-12(13-15-10(8-14)9-18-13)16(6-7-17)11-4-3-5-11/h9,11-12,17H,2-8H2,1H3. The van der Waals surface area contributed by atoms with Gasteiger partial charge in [-0.25, -0.2) is 4.98 Å². The number of hydrogen-bond acceptors (Lipinski definition) is 4. The third-order valence-corrected chi connectivity index (χ3v) is 4.95. The van der Waals surface area contributed by atoms with Crippen LogP contribution in [0.1, 0.15) is 49.4 Å². The summed E-state index contributed by atoms with van der Waals surface area (Å²) in [6.07, 6.45) is 4.86. The molecule has 18 heavy (non-hydrogen) atoms. The van der Waals surface area contributed by atoms with Crippen LogP contribution in [0.25, 0.3) is 0 Å². The molecule has 1 aliphatic carbocycles. The molecule has 0 aliphatic heterocycles. The van der Waals surface area contributed by atoms with E-state index in [1.165, 1.54) is 19.3 Å². The van der Waals surface area contributed by atoms with Crippen LogP contribution < -0.4 is 0 Å². The van der Waals surface area contributed by atoms with Gasteiger partial charge in [0.25, 0.3) is 0 Å². The average Bonchev–Trinajstić information content (AvgIpc) is 2.77. The molecule has 1 N–H and O–H groups in total. The van der Waals surface area contributed by atoms with Crippen LogP contribution in [0.5, 0.6) is 0 Å². The summed E-state index contributed by atoms with van der Waals surface area (Å²) in [5.41, 5.74) is 0.965. The van der Waals surface area contributed by atoms with E-state index in [2.05, 4.69) is 16.8 Å². The van der Waals surface area contributed by atoms with Crippen LogP contribution in [0.15, 0.2) is 5.38 Å². The first-order valence-electron chi connectivity index (χ1n) is 6.67. The lowest BCUT2D eigenvalue weighted by atomic mass is 9.90. The lowest BCUT2D eigenvalue weighted by molar-refractivity contribution is 0.0572. The lowest BCUT2D eigenvalue weighted by Gasteiger charge is -2.41. The maximum atomic E-state index is 9.27. The summed E-state index contributed by atoms with van der Waals surface area (Å²) >= 11 is 7.51. The highest BCUT2D eigenvalue weighted by Crippen LogP contribution is 2.35. The van der Waals surface area contributed by atoms with Crippen LogP contribution in [-0.2, 0) is 5.88 Å². The number of alkyl halides is 1. The molecule has 1 atom stereocenters. The normalized spacial score (nSPS) is 18.0. The van der Waals surface area contributed by atoms with Crippen LogP contribution in [0.3, 0.4) is 0 Å². The number of thiazole rings is 1. The molecule has 2 rings (SSSR count). The van der Waals surface area contributed by atoms with Crippen molar-refractivity contribution in [3.8, 4) is 0 Å². The molecule has 0 bridgehead atoms. The zero-order valence-electron chi connectivity index (χ0n) is 10.8. The minimum absolute atomic E-state index is 0.223. The third kappa shape index (κ3) is 3.05. The van der Waals surface area contributed by atoms with Crippen molar-refractivity contribution in [3.05, 3.63) is 16.1 Å². The van der Waals surface area contributed by atoms with Crippen molar-refractivity contribution in [2.45, 2.75) is 50.6 Å². The van der Waals surface area contributed by atoms with Gasteiger partial charge in [0.1, 0.15) is 5.01 Å². The van der Waals surface area contributed by atoms with E-state index < -0.39 is 0 Å². The van der Waals surface area contributed by atoms with Crippen molar-refractivity contribution in [1.29, 1.82) is 0 Å². The van der Waals surface area contributed by atoms with Crippen molar-refractivity contribution in [1.82, 2.24) is 9.88 Å². The van der Waals surface area contributed by atoms with E-state index in [1.807, 2.05) is 5.38 Å². The number of halogens is 1. The molecule has 5 heteroatoms. The molecule has 0 radical (unpaired) electrons. The average molecular weight is 289 g/mol. The highest BCUT2D eigenvalue weighted by molar-refractivity contribution is 7.09. The monoisotopic (exact) mass is 288 g/mol. The van der Waals surface area contributed by atoms with Gasteiger partial charge in [0.05, 0.1) is 24.2 Å². The molecule has 0 saturated heterocycles. The second-order valence-electron chi connectivity index (χ2n) is 4.78. The molecule has 0 aromatic carbocycles. The lowest BCUT2D eigenvalue weighted by Crippen LogP contribution is -2.43. The van der Waals surface area contributed by atoms with E-state index in [-0.39, 0.29) is 6.61 Å². The first-order chi connectivity index (χ1) is 8.80. The summed E-state index contributed by atoms with van der Waals surface area (Å²) < 4.78 is 0. The van der Waals surface area contributed by atoms with Crippen LogP contribution >= 0.6 is 22.9 Å². The van der Waals surface area contributed by atoms with Gasteiger partial charge >= 0.3 is 0 Å². The summed E-state index contributed by atoms with van der Waals surface area (Å²) in [6, 6.07) is 0.967. The van der Waals surface area contributed by atoms with Gasteiger partial charge in [0.2, 0.25) is 0 Å². The molecule has 3 nitrogen and oxygen atoms in total. The largest absolute Gasteiger partial charge is 0.395 e. The molecule has 1 unspecified atom stereocenters. The van der Waals surface area contributed by atoms with E-state index in [9.17, 15) is 5.11 Å². The summed E-state index contributed by atoms with van der Waals surface area (Å²) in [5.74, 6) is 0.483. The Hall–Kier alpha value is -0.160. The second kappa shape index (κ2) is 6.85. The summed E-state index contributed by atoms with van der Waals surface area (Å²) in [7, 11) is 0. The topological polar surface area (TPSA) is 36.4 Å². The van der Waals surface area contributed by atoms with Gasteiger partial charge in [0, 0.05) is 18.0 Å². The summed E-state index contributed by atoms with van der Waals surface area (Å²) in [6.45, 7) is 3.16. The van der Waals surface area contributed by atoms with Crippen LogP contribution in [0, 0.1) is 0 Å². The van der Waals surface area contributed by atoms with E-state index in [1.54, 1.807) is 11.3 Å². The van der Waals surface area contributed by atoms with Crippen molar-refractivity contribution in [2.24, 2.45) is 0 Å². The Morgan fingerprint density at radius 1 is 1.61 bits per heavy atom. The second-order valence-corrected chi connectivity index (χ2v) is 5.94. The van der Waals surface area contributed by atoms with Gasteiger partial charge in [-0.15, -0.1) is 22.9 Å². The predicted octanol–water partition coefficient (Wildman–Crippen LogP) is 3.18. The van der Waals surface area contributed by atoms with Gasteiger partial charge in [-0.1, -0.05) is 13.3 Å². The molecule has 1 aromatic rings. The van der Waals surface area contributed by atoms with Crippen molar-refractivity contribution in [2.75, 3.05) is 13.2 Å². The van der Waals surface area contributed by atoms with Gasteiger partial charge in [0.15, 0.2) is 0 Å². The van der Waals surface area contributed by atoms with Crippen molar-refractivity contribution in [3.63, 3.8) is 0 Å². The van der Waals surface area contributed by atoms with Crippen molar-refractivity contribution < 1.29 is 5.11 Å². The minimum atomic E-state index is 0.223. The van der Waals surface area contributed by atoms with Gasteiger partial charge in [-0.3, -0.25) is 4.90 Å². The minimum Gasteiger partial charge on any atom is -0.395 e. The van der Waals surface area contributed by atoms with Crippen molar-refractivity contribution >= 4 is 22.9 Å². The fraction of sp³-hybridized carbons (Fsp3) is 0.769. The fourth-order valence-corrected chi connectivity index (χ4v) is 3.77. The highest BCUT2D eigenvalue weighted by atomic mass is 35.5. The van der Waals surface area contributed by atoms with Gasteiger partial charge in [-0.2, -0.15) is 0 Å². The zero-order valence-corrected chi connectivity index (χ0v) is 12.4. The molecule has 0 spiro atoms. The Balaban J connectivity index is 2.12. The smallest absolute Gasteiger partial charge is 0.110 e. The van der Waals surface area contributed by atoms with Crippen LogP contribution in [-0.4, -0.2) is 34.2 Å².